The molecule has 0 fully saturated rings. The zero-order valence-corrected chi connectivity index (χ0v) is 7.13. The Balaban J connectivity index is 3.41. The van der Waals surface area contributed by atoms with Gasteiger partial charge in [-0.3, -0.25) is 10.1 Å². The Kier molecular flexibility index (Phi) is 2.90. The van der Waals surface area contributed by atoms with E-state index in [2.05, 4.69) is 4.98 Å². The SMILES string of the molecule is O=[N+]([O-])c1cnc(Cl)c(C(F)F)c1F. The molecule has 0 radical (unpaired) electrons. The van der Waals surface area contributed by atoms with E-state index >= 15 is 0 Å². The van der Waals surface area contributed by atoms with E-state index in [-0.39, 0.29) is 0 Å². The molecule has 1 aromatic rings. The molecule has 14 heavy (non-hydrogen) atoms. The van der Waals surface area contributed by atoms with Crippen LogP contribution in [0.1, 0.15) is 12.0 Å². The van der Waals surface area contributed by atoms with Crippen LogP contribution in [0.4, 0.5) is 18.9 Å². The molecule has 0 amide bonds. The first kappa shape index (κ1) is 10.7. The van der Waals surface area contributed by atoms with Gasteiger partial charge < -0.3 is 0 Å². The molecule has 0 N–H and O–H groups in total. The van der Waals surface area contributed by atoms with Gasteiger partial charge in [-0.15, -0.1) is 0 Å². The second kappa shape index (κ2) is 3.79. The van der Waals surface area contributed by atoms with Gasteiger partial charge in [-0.1, -0.05) is 11.6 Å². The fourth-order valence-corrected chi connectivity index (χ4v) is 1.000. The van der Waals surface area contributed by atoms with Crippen LogP contribution in [0.2, 0.25) is 5.15 Å². The van der Waals surface area contributed by atoms with Crippen molar-refractivity contribution in [2.45, 2.75) is 6.43 Å². The average Bonchev–Trinajstić information content (AvgIpc) is 2.02. The van der Waals surface area contributed by atoms with Crippen molar-refractivity contribution in [2.24, 2.45) is 0 Å². The number of halogens is 4. The van der Waals surface area contributed by atoms with Crippen molar-refractivity contribution >= 4 is 17.3 Å². The average molecular weight is 227 g/mol. The van der Waals surface area contributed by atoms with E-state index in [1.807, 2.05) is 0 Å². The fraction of sp³-hybridized carbons (Fsp3) is 0.167. The molecule has 0 aromatic carbocycles. The number of hydrogen-bond acceptors (Lipinski definition) is 3. The summed E-state index contributed by atoms with van der Waals surface area (Å²) < 4.78 is 37.3. The maximum atomic E-state index is 13.0. The highest BCUT2D eigenvalue weighted by molar-refractivity contribution is 6.30. The molecule has 0 aliphatic carbocycles. The van der Waals surface area contributed by atoms with Crippen molar-refractivity contribution in [3.05, 3.63) is 32.8 Å². The van der Waals surface area contributed by atoms with E-state index in [0.29, 0.717) is 6.20 Å². The summed E-state index contributed by atoms with van der Waals surface area (Å²) in [6.45, 7) is 0. The Morgan fingerprint density at radius 1 is 1.57 bits per heavy atom. The van der Waals surface area contributed by atoms with Crippen molar-refractivity contribution in [1.82, 2.24) is 4.98 Å². The Hall–Kier alpha value is -1.37. The van der Waals surface area contributed by atoms with Crippen LogP contribution in [-0.2, 0) is 0 Å². The number of rotatable bonds is 2. The smallest absolute Gasteiger partial charge is 0.258 e. The van der Waals surface area contributed by atoms with Crippen LogP contribution in [0.15, 0.2) is 6.20 Å². The van der Waals surface area contributed by atoms with Gasteiger partial charge in [0.1, 0.15) is 11.3 Å². The first-order valence-corrected chi connectivity index (χ1v) is 3.59. The summed E-state index contributed by atoms with van der Waals surface area (Å²) in [5.41, 5.74) is -2.37. The van der Waals surface area contributed by atoms with Crippen LogP contribution in [0.3, 0.4) is 0 Å². The second-order valence-corrected chi connectivity index (χ2v) is 2.58. The summed E-state index contributed by atoms with van der Waals surface area (Å²) in [5, 5.41) is 9.37. The highest BCUT2D eigenvalue weighted by Gasteiger charge is 2.27. The van der Waals surface area contributed by atoms with Gasteiger partial charge in [-0.25, -0.2) is 13.8 Å². The molecule has 1 aromatic heterocycles. The number of aromatic nitrogens is 1. The topological polar surface area (TPSA) is 56.0 Å². The summed E-state index contributed by atoms with van der Waals surface area (Å²) in [4.78, 5) is 12.1. The van der Waals surface area contributed by atoms with Crippen molar-refractivity contribution in [2.75, 3.05) is 0 Å². The Morgan fingerprint density at radius 3 is 2.57 bits per heavy atom. The lowest BCUT2D eigenvalue weighted by molar-refractivity contribution is -0.388. The maximum absolute atomic E-state index is 13.0. The Morgan fingerprint density at radius 2 is 2.14 bits per heavy atom. The van der Waals surface area contributed by atoms with E-state index in [9.17, 15) is 23.3 Å². The predicted molar refractivity (Wildman–Crippen MR) is 40.8 cm³/mol. The molecule has 0 bridgehead atoms. The first-order chi connectivity index (χ1) is 6.45. The monoisotopic (exact) mass is 226 g/mol. The molecule has 0 atom stereocenters. The van der Waals surface area contributed by atoms with Crippen molar-refractivity contribution < 1.29 is 18.1 Å². The largest absolute Gasteiger partial charge is 0.323 e. The molecular formula is C6H2ClF3N2O2. The van der Waals surface area contributed by atoms with Crippen LogP contribution in [0.5, 0.6) is 0 Å². The predicted octanol–water partition coefficient (Wildman–Crippen LogP) is 2.72. The van der Waals surface area contributed by atoms with Crippen molar-refractivity contribution in [1.29, 1.82) is 0 Å². The van der Waals surface area contributed by atoms with Crippen molar-refractivity contribution in [3.63, 3.8) is 0 Å². The number of pyridine rings is 1. The van der Waals surface area contributed by atoms with E-state index in [4.69, 9.17) is 11.6 Å². The number of alkyl halides is 2. The van der Waals surface area contributed by atoms with E-state index in [1.54, 1.807) is 0 Å². The quantitative estimate of drug-likeness (QED) is 0.443. The molecular weight excluding hydrogens is 225 g/mol. The van der Waals surface area contributed by atoms with Gasteiger partial charge in [-0.2, -0.15) is 4.39 Å². The minimum atomic E-state index is -3.24. The molecule has 0 aliphatic heterocycles. The van der Waals surface area contributed by atoms with Crippen LogP contribution in [0, 0.1) is 15.9 Å². The normalized spacial score (nSPS) is 10.6. The summed E-state index contributed by atoms with van der Waals surface area (Å²) in [6, 6.07) is 0. The summed E-state index contributed by atoms with van der Waals surface area (Å²) in [6.07, 6.45) is -2.75. The molecule has 0 saturated carbocycles. The molecule has 0 saturated heterocycles. The lowest BCUT2D eigenvalue weighted by Crippen LogP contribution is -2.01. The highest BCUT2D eigenvalue weighted by atomic mass is 35.5. The third kappa shape index (κ3) is 1.77. The highest BCUT2D eigenvalue weighted by Crippen LogP contribution is 2.32. The lowest BCUT2D eigenvalue weighted by Gasteiger charge is -2.03. The zero-order valence-electron chi connectivity index (χ0n) is 6.38. The van der Waals surface area contributed by atoms with Crippen LogP contribution < -0.4 is 0 Å². The first-order valence-electron chi connectivity index (χ1n) is 3.21. The Labute approximate surface area is 80.5 Å². The number of nitro groups is 1. The lowest BCUT2D eigenvalue weighted by atomic mass is 10.2. The standard InChI is InChI=1S/C6H2ClF3N2O2/c7-5-3(6(9)10)4(8)2(1-11-5)12(13)14/h1,6H. The van der Waals surface area contributed by atoms with E-state index in [0.717, 1.165) is 0 Å². The second-order valence-electron chi connectivity index (χ2n) is 2.22. The molecule has 0 unspecified atom stereocenters. The molecule has 0 spiro atoms. The molecule has 4 nitrogen and oxygen atoms in total. The molecule has 1 heterocycles. The minimum Gasteiger partial charge on any atom is -0.258 e. The van der Waals surface area contributed by atoms with Gasteiger partial charge in [0.2, 0.25) is 5.82 Å². The van der Waals surface area contributed by atoms with Gasteiger partial charge in [-0.05, 0) is 0 Å². The third-order valence-electron chi connectivity index (χ3n) is 1.40. The van der Waals surface area contributed by atoms with Gasteiger partial charge in [0.05, 0.1) is 10.5 Å². The van der Waals surface area contributed by atoms with Crippen molar-refractivity contribution in [3.8, 4) is 0 Å². The molecule has 76 valence electrons. The molecule has 8 heteroatoms. The Bertz CT molecular complexity index is 386. The number of nitrogens with zero attached hydrogens (tertiary/aromatic N) is 2. The van der Waals surface area contributed by atoms with Gasteiger partial charge in [0, 0.05) is 0 Å². The van der Waals surface area contributed by atoms with E-state index < -0.39 is 33.6 Å². The molecule has 1 rings (SSSR count). The summed E-state index contributed by atoms with van der Waals surface area (Å²) in [5.74, 6) is -1.65. The minimum absolute atomic E-state index is 0.490. The van der Waals surface area contributed by atoms with Crippen LogP contribution in [-0.4, -0.2) is 9.91 Å². The maximum Gasteiger partial charge on any atom is 0.323 e. The van der Waals surface area contributed by atoms with E-state index in [1.165, 1.54) is 0 Å². The zero-order chi connectivity index (χ0) is 10.9. The van der Waals surface area contributed by atoms with Crippen LogP contribution in [0.25, 0.3) is 0 Å². The molecule has 0 aliphatic rings. The summed E-state index contributed by atoms with van der Waals surface area (Å²) >= 11 is 5.15. The third-order valence-corrected chi connectivity index (χ3v) is 1.70. The van der Waals surface area contributed by atoms with Crippen LogP contribution >= 0.6 is 11.6 Å². The fourth-order valence-electron chi connectivity index (χ4n) is 0.786. The van der Waals surface area contributed by atoms with Gasteiger partial charge in [0.25, 0.3) is 6.43 Å². The van der Waals surface area contributed by atoms with Gasteiger partial charge in [0.15, 0.2) is 0 Å². The number of hydrogen-bond donors (Lipinski definition) is 0. The summed E-state index contributed by atoms with van der Waals surface area (Å²) in [7, 11) is 0. The van der Waals surface area contributed by atoms with Gasteiger partial charge >= 0.3 is 5.69 Å².